The van der Waals surface area contributed by atoms with E-state index in [1.165, 1.54) is 0 Å². The quantitative estimate of drug-likeness (QED) is 0.0805. The summed E-state index contributed by atoms with van der Waals surface area (Å²) in [7, 11) is -8.89. The van der Waals surface area contributed by atoms with Crippen LogP contribution in [0.25, 0.3) is 65.3 Å². The van der Waals surface area contributed by atoms with Gasteiger partial charge in [-0.1, -0.05) is 97.1 Å². The van der Waals surface area contributed by atoms with Gasteiger partial charge in [0.1, 0.15) is 11.5 Å². The molecule has 7 aromatic carbocycles. The van der Waals surface area contributed by atoms with Crippen LogP contribution in [0.4, 0.5) is 0 Å². The summed E-state index contributed by atoms with van der Waals surface area (Å²) < 4.78 is 81.1. The van der Waals surface area contributed by atoms with E-state index in [9.17, 15) is 25.9 Å². The fourth-order valence-corrected chi connectivity index (χ4v) is 7.58. The molecule has 0 atom stereocenters. The van der Waals surface area contributed by atoms with Gasteiger partial charge >= 0.3 is 59.1 Å². The number of hydrogen-bond donors (Lipinski definition) is 0. The monoisotopic (exact) mass is 750 g/mol. The second-order valence-electron chi connectivity index (χ2n) is 12.2. The van der Waals surface area contributed by atoms with Crippen LogP contribution in [0.2, 0.25) is 0 Å². The summed E-state index contributed by atoms with van der Waals surface area (Å²) in [6.45, 7) is -0.108. The van der Waals surface area contributed by atoms with Crippen LogP contribution >= 0.6 is 0 Å². The molecule has 0 aliphatic rings. The van der Waals surface area contributed by atoms with Crippen LogP contribution in [0, 0.1) is 0 Å². The molecule has 0 N–H and O–H groups in total. The Balaban J connectivity index is 0.00000261. The van der Waals surface area contributed by atoms with Gasteiger partial charge in [0.05, 0.1) is 33.5 Å². The molecule has 0 aliphatic heterocycles. The summed E-state index contributed by atoms with van der Waals surface area (Å²) in [4.78, 5) is 0. The molecule has 0 bridgehead atoms. The number of benzene rings is 7. The molecule has 7 aromatic rings. The molecule has 0 amide bonds. The van der Waals surface area contributed by atoms with Crippen molar-refractivity contribution in [3.05, 3.63) is 121 Å². The minimum atomic E-state index is -4.45. The van der Waals surface area contributed by atoms with E-state index in [0.29, 0.717) is 11.5 Å². The van der Waals surface area contributed by atoms with Gasteiger partial charge in [0.15, 0.2) is 0 Å². The van der Waals surface area contributed by atoms with Gasteiger partial charge in [0.2, 0.25) is 0 Å². The predicted octanol–water partition coefficient (Wildman–Crippen LogP) is 2.27. The van der Waals surface area contributed by atoms with Crippen molar-refractivity contribution >= 4 is 63.3 Å². The van der Waals surface area contributed by atoms with Gasteiger partial charge < -0.3 is 18.6 Å². The van der Waals surface area contributed by atoms with Crippen LogP contribution < -0.4 is 68.6 Å². The Kier molecular flexibility index (Phi) is 13.1. The third-order valence-corrected chi connectivity index (χ3v) is 10.3. The van der Waals surface area contributed by atoms with Gasteiger partial charge in [0, 0.05) is 39.8 Å². The van der Waals surface area contributed by atoms with Gasteiger partial charge in [-0.15, -0.1) is 0 Å². The largest absolute Gasteiger partial charge is 1.00 e. The topological polar surface area (TPSA) is 133 Å². The van der Waals surface area contributed by atoms with E-state index in [-0.39, 0.29) is 85.2 Å². The number of fused-ring (bicyclic) bond motifs is 4. The third-order valence-electron chi connectivity index (χ3n) is 8.76. The normalized spacial score (nSPS) is 11.7. The zero-order valence-corrected chi connectivity index (χ0v) is 34.5. The summed E-state index contributed by atoms with van der Waals surface area (Å²) in [6.07, 6.45) is -0.0381. The van der Waals surface area contributed by atoms with Crippen LogP contribution in [-0.4, -0.2) is 50.7 Å². The summed E-state index contributed by atoms with van der Waals surface area (Å²) in [6, 6.07) is 40.2. The first-order valence-electron chi connectivity index (χ1n) is 16.2. The fourth-order valence-electron chi connectivity index (χ4n) is 6.63. The molecule has 12 heteroatoms. The minimum absolute atomic E-state index is 0. The molecule has 0 unspecified atom stereocenters. The average molecular weight is 751 g/mol. The molecule has 0 fully saturated rings. The maximum Gasteiger partial charge on any atom is 1.00 e. The smallest absolute Gasteiger partial charge is 0.748 e. The molecule has 0 saturated heterocycles. The van der Waals surface area contributed by atoms with E-state index in [1.54, 1.807) is 6.07 Å². The molecule has 0 radical (unpaired) electrons. The predicted molar refractivity (Wildman–Crippen MR) is 197 cm³/mol. The Morgan fingerprint density at radius 1 is 0.442 bits per heavy atom. The molecular weight excluding hydrogens is 719 g/mol. The molecule has 8 nitrogen and oxygen atoms in total. The van der Waals surface area contributed by atoms with E-state index in [4.69, 9.17) is 9.47 Å². The van der Waals surface area contributed by atoms with Crippen molar-refractivity contribution in [2.75, 3.05) is 24.7 Å². The van der Waals surface area contributed by atoms with Crippen molar-refractivity contribution in [3.8, 4) is 33.8 Å². The maximum absolute atomic E-state index is 11.4. The van der Waals surface area contributed by atoms with Gasteiger partial charge in [-0.2, -0.15) is 0 Å². The molecule has 0 spiro atoms. The van der Waals surface area contributed by atoms with Crippen LogP contribution in [0.15, 0.2) is 121 Å². The second kappa shape index (κ2) is 17.0. The molecule has 52 heavy (non-hydrogen) atoms. The van der Waals surface area contributed by atoms with E-state index < -0.39 is 31.7 Å². The molecule has 0 heterocycles. The Hall–Kier alpha value is -3.00. The Bertz CT molecular complexity index is 2340. The Morgan fingerprint density at radius 2 is 0.750 bits per heavy atom. The fraction of sp³-hybridized carbons (Fsp3) is 0.150. The van der Waals surface area contributed by atoms with Crippen molar-refractivity contribution in [1.29, 1.82) is 0 Å². The van der Waals surface area contributed by atoms with Crippen molar-refractivity contribution < 1.29 is 94.5 Å². The molecule has 0 saturated carbocycles. The van der Waals surface area contributed by atoms with E-state index in [0.717, 1.165) is 65.3 Å². The van der Waals surface area contributed by atoms with Gasteiger partial charge in [-0.3, -0.25) is 0 Å². The Labute approximate surface area is 347 Å². The minimum Gasteiger partial charge on any atom is -0.748 e. The number of hydrogen-bond acceptors (Lipinski definition) is 8. The molecule has 254 valence electrons. The van der Waals surface area contributed by atoms with E-state index in [2.05, 4.69) is 12.1 Å². The summed E-state index contributed by atoms with van der Waals surface area (Å²) >= 11 is 0. The van der Waals surface area contributed by atoms with Gasteiger partial charge in [0.25, 0.3) is 0 Å². The van der Waals surface area contributed by atoms with Gasteiger partial charge in [-0.25, -0.2) is 16.8 Å². The van der Waals surface area contributed by atoms with Crippen LogP contribution in [0.3, 0.4) is 0 Å². The number of rotatable bonds is 12. The SMILES string of the molecule is O=S(=O)([O-])CCCOc1cc(OCCCS(=O)(=O)[O-])c(-c2c3ccccc3cc3ccccc23)cc1-c1c2ccccc2cc2ccccc12.[Na+].[Na+]. The van der Waals surface area contributed by atoms with Crippen molar-refractivity contribution in [2.24, 2.45) is 0 Å². The first kappa shape index (κ1) is 40.2. The summed E-state index contributed by atoms with van der Waals surface area (Å²) in [5.74, 6) is -0.358. The van der Waals surface area contributed by atoms with E-state index in [1.807, 2.05) is 103 Å². The molecule has 7 rings (SSSR count). The van der Waals surface area contributed by atoms with Crippen LogP contribution in [0.1, 0.15) is 12.8 Å². The molecule has 0 aliphatic carbocycles. The summed E-state index contributed by atoms with van der Waals surface area (Å²) in [5.41, 5.74) is 3.26. The Morgan fingerprint density at radius 3 is 1.06 bits per heavy atom. The van der Waals surface area contributed by atoms with Crippen molar-refractivity contribution in [1.82, 2.24) is 0 Å². The summed E-state index contributed by atoms with van der Waals surface area (Å²) in [5, 5.41) is 7.95. The zero-order chi connectivity index (χ0) is 34.9. The first-order valence-corrected chi connectivity index (χ1v) is 19.3. The van der Waals surface area contributed by atoms with Crippen molar-refractivity contribution in [3.63, 3.8) is 0 Å². The van der Waals surface area contributed by atoms with Gasteiger partial charge in [-0.05, 0) is 74.1 Å². The molecule has 0 aromatic heterocycles. The zero-order valence-electron chi connectivity index (χ0n) is 28.9. The number of ether oxygens (including phenoxy) is 2. The average Bonchev–Trinajstić information content (AvgIpc) is 3.09. The van der Waals surface area contributed by atoms with E-state index >= 15 is 0 Å². The van der Waals surface area contributed by atoms with Crippen molar-refractivity contribution in [2.45, 2.75) is 12.8 Å². The standard InChI is InChI=1S/C40H34O8S2.2Na/c41-49(42,43)21-9-19-47-37-26-38(48-20-10-22-50(44,45)46)36(40-33-17-7-3-13-29(33)24-30-14-4-8-18-34(30)40)25-35(37)39-31-15-5-1-11-27(31)23-28-12-2-6-16-32(28)39;;/h1-8,11-18,23-26H,9-10,19-22H2,(H,41,42,43)(H,44,45,46);;/q;2*+1/p-2. The first-order chi connectivity index (χ1) is 24.1. The second-order valence-corrected chi connectivity index (χ2v) is 15.2. The third kappa shape index (κ3) is 9.02. The van der Waals surface area contributed by atoms with Crippen LogP contribution in [0.5, 0.6) is 11.5 Å². The molecular formula is C40H32Na2O8S2. The maximum atomic E-state index is 11.4. The van der Waals surface area contributed by atoms with Crippen LogP contribution in [-0.2, 0) is 20.2 Å².